The minimum atomic E-state index is -1.05. The van der Waals surface area contributed by atoms with E-state index in [2.05, 4.69) is 5.32 Å². The SMILES string of the molecule is CC(C)C(NC(=O)c1ccc2c(c1)B(O)OC2)C(=O)OCc1ccc(F)cc1. The quantitative estimate of drug-likeness (QED) is 0.582. The number of fused-ring (bicyclic) bond motifs is 1. The van der Waals surface area contributed by atoms with Crippen molar-refractivity contribution in [1.82, 2.24) is 5.32 Å². The minimum Gasteiger partial charge on any atom is -0.459 e. The number of esters is 1. The zero-order valence-electron chi connectivity index (χ0n) is 15.6. The van der Waals surface area contributed by atoms with Gasteiger partial charge in [-0.25, -0.2) is 9.18 Å². The van der Waals surface area contributed by atoms with E-state index in [1.807, 2.05) is 0 Å². The molecule has 1 amide bonds. The zero-order valence-corrected chi connectivity index (χ0v) is 15.6. The van der Waals surface area contributed by atoms with E-state index in [-0.39, 0.29) is 18.3 Å². The van der Waals surface area contributed by atoms with Gasteiger partial charge in [0.05, 0.1) is 6.61 Å². The summed E-state index contributed by atoms with van der Waals surface area (Å²) in [5.74, 6) is -1.59. The summed E-state index contributed by atoms with van der Waals surface area (Å²) in [7, 11) is -1.05. The van der Waals surface area contributed by atoms with Gasteiger partial charge in [0.2, 0.25) is 0 Å². The lowest BCUT2D eigenvalue weighted by molar-refractivity contribution is -0.148. The summed E-state index contributed by atoms with van der Waals surface area (Å²) < 4.78 is 23.4. The summed E-state index contributed by atoms with van der Waals surface area (Å²) in [5.41, 5.74) is 2.34. The van der Waals surface area contributed by atoms with Gasteiger partial charge in [-0.15, -0.1) is 0 Å². The minimum absolute atomic E-state index is 0.0133. The summed E-state index contributed by atoms with van der Waals surface area (Å²) in [6, 6.07) is 9.70. The largest absolute Gasteiger partial charge is 0.491 e. The van der Waals surface area contributed by atoms with Crippen molar-refractivity contribution in [3.63, 3.8) is 0 Å². The van der Waals surface area contributed by atoms with Crippen molar-refractivity contribution in [2.75, 3.05) is 0 Å². The average molecular weight is 385 g/mol. The summed E-state index contributed by atoms with van der Waals surface area (Å²) in [6.45, 7) is 3.87. The molecule has 8 heteroatoms. The fourth-order valence-electron chi connectivity index (χ4n) is 2.90. The molecule has 0 aromatic heterocycles. The molecule has 2 N–H and O–H groups in total. The average Bonchev–Trinajstić information content (AvgIpc) is 3.05. The first-order chi connectivity index (χ1) is 13.3. The van der Waals surface area contributed by atoms with Crippen molar-refractivity contribution in [3.8, 4) is 0 Å². The molecule has 0 fully saturated rings. The third kappa shape index (κ3) is 4.58. The Kier molecular flexibility index (Phi) is 6.11. The standard InChI is InChI=1S/C20H21BFNO5/c1-12(2)18(20(25)27-10-13-3-7-16(22)8-4-13)23-19(24)14-5-6-15-11-28-21(26)17(15)9-14/h3-9,12,18,26H,10-11H2,1-2H3,(H,23,24). The van der Waals surface area contributed by atoms with Crippen LogP contribution in [0, 0.1) is 11.7 Å². The molecule has 1 unspecified atom stereocenters. The number of amides is 1. The molecule has 0 radical (unpaired) electrons. The number of nitrogens with one attached hydrogen (secondary N) is 1. The number of hydrogen-bond donors (Lipinski definition) is 2. The predicted octanol–water partition coefficient (Wildman–Crippen LogP) is 1.54. The Hall–Kier alpha value is -2.71. The summed E-state index contributed by atoms with van der Waals surface area (Å²) in [6.07, 6.45) is 0. The molecule has 1 aliphatic rings. The normalized spacial score (nSPS) is 14.0. The molecule has 2 aromatic rings. The van der Waals surface area contributed by atoms with Crippen LogP contribution in [0.25, 0.3) is 0 Å². The first kappa shape index (κ1) is 20.0. The number of hydrogen-bond acceptors (Lipinski definition) is 5. The molecule has 146 valence electrons. The first-order valence-electron chi connectivity index (χ1n) is 8.99. The smallest absolute Gasteiger partial charge is 0.459 e. The van der Waals surface area contributed by atoms with Gasteiger partial charge in [0.1, 0.15) is 18.5 Å². The van der Waals surface area contributed by atoms with Gasteiger partial charge >= 0.3 is 13.1 Å². The molecular formula is C20H21BFNO5. The maximum atomic E-state index is 13.0. The molecule has 1 heterocycles. The molecule has 0 spiro atoms. The van der Waals surface area contributed by atoms with E-state index in [1.54, 1.807) is 32.0 Å². The Morgan fingerprint density at radius 1 is 1.25 bits per heavy atom. The van der Waals surface area contributed by atoms with Crippen LogP contribution in [-0.2, 0) is 27.4 Å². The van der Waals surface area contributed by atoms with Gasteiger partial charge in [0.25, 0.3) is 5.91 Å². The second kappa shape index (κ2) is 8.54. The maximum absolute atomic E-state index is 13.0. The Morgan fingerprint density at radius 2 is 1.96 bits per heavy atom. The van der Waals surface area contributed by atoms with Crippen LogP contribution >= 0.6 is 0 Å². The van der Waals surface area contributed by atoms with E-state index in [0.717, 1.165) is 5.56 Å². The summed E-state index contributed by atoms with van der Waals surface area (Å²) in [4.78, 5) is 25.1. The van der Waals surface area contributed by atoms with E-state index in [1.165, 1.54) is 24.3 Å². The third-order valence-electron chi connectivity index (χ3n) is 4.57. The van der Waals surface area contributed by atoms with Crippen LogP contribution in [0.3, 0.4) is 0 Å². The van der Waals surface area contributed by atoms with Crippen LogP contribution in [0.1, 0.15) is 35.3 Å². The van der Waals surface area contributed by atoms with E-state index in [9.17, 15) is 19.0 Å². The molecule has 0 saturated heterocycles. The van der Waals surface area contributed by atoms with E-state index >= 15 is 0 Å². The van der Waals surface area contributed by atoms with Gasteiger partial charge in [0, 0.05) is 5.56 Å². The molecular weight excluding hydrogens is 364 g/mol. The van der Waals surface area contributed by atoms with E-state index < -0.39 is 25.0 Å². The van der Waals surface area contributed by atoms with Crippen molar-refractivity contribution in [1.29, 1.82) is 0 Å². The van der Waals surface area contributed by atoms with Crippen molar-refractivity contribution in [3.05, 3.63) is 65.0 Å². The van der Waals surface area contributed by atoms with Crippen LogP contribution in [-0.4, -0.2) is 30.1 Å². The molecule has 0 aliphatic carbocycles. The van der Waals surface area contributed by atoms with Crippen LogP contribution < -0.4 is 10.8 Å². The predicted molar refractivity (Wildman–Crippen MR) is 101 cm³/mol. The van der Waals surface area contributed by atoms with Crippen LogP contribution in [0.5, 0.6) is 0 Å². The topological polar surface area (TPSA) is 84.9 Å². The van der Waals surface area contributed by atoms with Crippen LogP contribution in [0.2, 0.25) is 0 Å². The van der Waals surface area contributed by atoms with Crippen molar-refractivity contribution in [2.24, 2.45) is 5.92 Å². The summed E-state index contributed by atoms with van der Waals surface area (Å²) >= 11 is 0. The Morgan fingerprint density at radius 3 is 2.64 bits per heavy atom. The van der Waals surface area contributed by atoms with Gasteiger partial charge in [0.15, 0.2) is 0 Å². The van der Waals surface area contributed by atoms with Crippen LogP contribution in [0.4, 0.5) is 4.39 Å². The fourth-order valence-corrected chi connectivity index (χ4v) is 2.90. The molecule has 0 bridgehead atoms. The van der Waals surface area contributed by atoms with E-state index in [4.69, 9.17) is 9.39 Å². The van der Waals surface area contributed by atoms with Crippen molar-refractivity contribution in [2.45, 2.75) is 33.1 Å². The molecule has 28 heavy (non-hydrogen) atoms. The number of rotatable bonds is 6. The molecule has 3 rings (SSSR count). The highest BCUT2D eigenvalue weighted by molar-refractivity contribution is 6.61. The highest BCUT2D eigenvalue weighted by Gasteiger charge is 2.30. The molecule has 1 atom stereocenters. The molecule has 0 saturated carbocycles. The monoisotopic (exact) mass is 385 g/mol. The Bertz CT molecular complexity index is 871. The van der Waals surface area contributed by atoms with Crippen molar-refractivity contribution >= 4 is 24.5 Å². The number of carbonyl (C=O) groups is 2. The summed E-state index contributed by atoms with van der Waals surface area (Å²) in [5, 5.41) is 12.5. The van der Waals surface area contributed by atoms with Gasteiger partial charge in [-0.2, -0.15) is 0 Å². The molecule has 1 aliphatic heterocycles. The fraction of sp³-hybridized carbons (Fsp3) is 0.300. The highest BCUT2D eigenvalue weighted by atomic mass is 19.1. The second-order valence-corrected chi connectivity index (χ2v) is 7.01. The number of benzene rings is 2. The maximum Gasteiger partial charge on any atom is 0.491 e. The number of halogens is 1. The zero-order chi connectivity index (χ0) is 20.3. The lowest BCUT2D eigenvalue weighted by atomic mass is 9.78. The third-order valence-corrected chi connectivity index (χ3v) is 4.57. The lowest BCUT2D eigenvalue weighted by Crippen LogP contribution is -2.45. The van der Waals surface area contributed by atoms with Gasteiger partial charge in [-0.3, -0.25) is 4.79 Å². The molecule has 6 nitrogen and oxygen atoms in total. The second-order valence-electron chi connectivity index (χ2n) is 7.01. The van der Waals surface area contributed by atoms with Crippen LogP contribution in [0.15, 0.2) is 42.5 Å². The first-order valence-corrected chi connectivity index (χ1v) is 8.99. The van der Waals surface area contributed by atoms with Crippen molar-refractivity contribution < 1.29 is 28.4 Å². The van der Waals surface area contributed by atoms with Gasteiger partial charge in [-0.1, -0.05) is 32.0 Å². The molecule has 2 aromatic carbocycles. The van der Waals surface area contributed by atoms with Gasteiger partial charge in [-0.05, 0) is 46.8 Å². The number of ether oxygens (including phenoxy) is 1. The Labute approximate surface area is 162 Å². The highest BCUT2D eigenvalue weighted by Crippen LogP contribution is 2.13. The van der Waals surface area contributed by atoms with Gasteiger partial charge < -0.3 is 19.7 Å². The number of carbonyl (C=O) groups excluding carboxylic acids is 2. The Balaban J connectivity index is 1.65. The lowest BCUT2D eigenvalue weighted by Gasteiger charge is -2.21. The van der Waals surface area contributed by atoms with E-state index in [0.29, 0.717) is 23.2 Å².